The van der Waals surface area contributed by atoms with Crippen molar-refractivity contribution in [1.29, 1.82) is 0 Å². The Balaban J connectivity index is 2.22. The number of hydrogen-bond acceptors (Lipinski definition) is 8. The molecule has 1 aliphatic heterocycles. The molecule has 0 radical (unpaired) electrons. The molecule has 0 saturated carbocycles. The summed E-state index contributed by atoms with van der Waals surface area (Å²) < 4.78 is 4.95. The molecule has 3 atom stereocenters. The molecule has 30 heavy (non-hydrogen) atoms. The van der Waals surface area contributed by atoms with Crippen molar-refractivity contribution in [2.75, 3.05) is 20.2 Å². The van der Waals surface area contributed by atoms with Crippen LogP contribution >= 0.6 is 0 Å². The maximum atomic E-state index is 13.1. The Morgan fingerprint density at radius 1 is 1.30 bits per heavy atom. The Morgan fingerprint density at radius 3 is 2.53 bits per heavy atom. The monoisotopic (exact) mass is 414 g/mol. The van der Waals surface area contributed by atoms with Gasteiger partial charge in [0.25, 0.3) is 5.69 Å². The van der Waals surface area contributed by atoms with E-state index >= 15 is 0 Å². The van der Waals surface area contributed by atoms with E-state index in [-0.39, 0.29) is 17.8 Å². The van der Waals surface area contributed by atoms with Gasteiger partial charge in [0.15, 0.2) is 5.41 Å². The molecule has 1 saturated heterocycles. The summed E-state index contributed by atoms with van der Waals surface area (Å²) in [5, 5.41) is 25.1. The van der Waals surface area contributed by atoms with Gasteiger partial charge in [-0.25, -0.2) is 0 Å². The first-order valence-electron chi connectivity index (χ1n) is 8.95. The van der Waals surface area contributed by atoms with E-state index < -0.39 is 45.5 Å². The number of carbonyl (C=O) groups excluding carboxylic acids is 2. The average molecular weight is 414 g/mol. The number of non-ortho nitro benzene ring substituents is 1. The molecule has 3 rings (SSSR count). The molecular formula is C19H18N4O7. The number of rotatable bonds is 7. The van der Waals surface area contributed by atoms with E-state index in [1.54, 1.807) is 12.1 Å². The van der Waals surface area contributed by atoms with Gasteiger partial charge in [-0.15, -0.1) is 0 Å². The van der Waals surface area contributed by atoms with Crippen LogP contribution in [0.1, 0.15) is 23.0 Å². The van der Waals surface area contributed by atoms with Crippen molar-refractivity contribution in [2.24, 2.45) is 5.41 Å². The predicted octanol–water partition coefficient (Wildman–Crippen LogP) is 1.42. The number of amides is 1. The van der Waals surface area contributed by atoms with Crippen LogP contribution in [0.15, 0.2) is 48.8 Å². The average Bonchev–Trinajstić information content (AvgIpc) is 3.09. The molecule has 2 heterocycles. The summed E-state index contributed by atoms with van der Waals surface area (Å²) in [7, 11) is 1.11. The molecule has 156 valence electrons. The van der Waals surface area contributed by atoms with Crippen LogP contribution in [0.25, 0.3) is 0 Å². The van der Waals surface area contributed by atoms with E-state index in [2.05, 4.69) is 10.3 Å². The Kier molecular flexibility index (Phi) is 5.72. The molecule has 11 nitrogen and oxygen atoms in total. The van der Waals surface area contributed by atoms with Gasteiger partial charge in [-0.3, -0.25) is 34.8 Å². The zero-order valence-corrected chi connectivity index (χ0v) is 15.9. The zero-order valence-electron chi connectivity index (χ0n) is 15.9. The van der Waals surface area contributed by atoms with Gasteiger partial charge in [-0.2, -0.15) is 0 Å². The highest BCUT2D eigenvalue weighted by Crippen LogP contribution is 2.51. The summed E-state index contributed by atoms with van der Waals surface area (Å²) >= 11 is 0. The molecule has 1 aromatic carbocycles. The van der Waals surface area contributed by atoms with Gasteiger partial charge >= 0.3 is 5.97 Å². The Labute approximate surface area is 170 Å². The fourth-order valence-corrected chi connectivity index (χ4v) is 4.06. The van der Waals surface area contributed by atoms with Crippen LogP contribution < -0.4 is 5.32 Å². The van der Waals surface area contributed by atoms with E-state index in [9.17, 15) is 29.8 Å². The lowest BCUT2D eigenvalue weighted by Gasteiger charge is -2.35. The first kappa shape index (κ1) is 20.8. The topological polar surface area (TPSA) is 155 Å². The van der Waals surface area contributed by atoms with Crippen LogP contribution in [-0.4, -0.2) is 46.9 Å². The number of nitrogens with zero attached hydrogens (tertiary/aromatic N) is 3. The molecule has 0 aliphatic carbocycles. The first-order chi connectivity index (χ1) is 14.3. The van der Waals surface area contributed by atoms with Gasteiger partial charge in [-0.05, 0) is 17.2 Å². The molecule has 1 N–H and O–H groups in total. The number of nitrogens with one attached hydrogen (secondary N) is 1. The summed E-state index contributed by atoms with van der Waals surface area (Å²) in [5.41, 5.74) is -1.38. The van der Waals surface area contributed by atoms with E-state index in [0.717, 1.165) is 7.11 Å². The number of nitro benzene ring substituents is 1. The number of methoxy groups -OCH3 is 1. The molecule has 1 amide bonds. The minimum absolute atomic E-state index is 0.0564. The molecule has 0 bridgehead atoms. The van der Waals surface area contributed by atoms with Crippen molar-refractivity contribution in [2.45, 2.75) is 11.8 Å². The highest BCUT2D eigenvalue weighted by atomic mass is 16.6. The van der Waals surface area contributed by atoms with E-state index in [1.807, 2.05) is 0 Å². The van der Waals surface area contributed by atoms with E-state index in [4.69, 9.17) is 4.74 Å². The fraction of sp³-hybridized carbons (Fsp3) is 0.316. The second kappa shape index (κ2) is 8.23. The minimum Gasteiger partial charge on any atom is -0.468 e. The summed E-state index contributed by atoms with van der Waals surface area (Å²) in [6.07, 6.45) is 3.01. The van der Waals surface area contributed by atoms with E-state index in [1.165, 1.54) is 36.7 Å². The van der Waals surface area contributed by atoms with Crippen LogP contribution in [0, 0.1) is 25.6 Å². The lowest BCUT2D eigenvalue weighted by Crippen LogP contribution is -2.49. The van der Waals surface area contributed by atoms with Crippen molar-refractivity contribution in [1.82, 2.24) is 10.3 Å². The number of pyridine rings is 1. The van der Waals surface area contributed by atoms with Gasteiger partial charge in [0.1, 0.15) is 0 Å². The van der Waals surface area contributed by atoms with Crippen molar-refractivity contribution in [3.05, 3.63) is 80.1 Å². The van der Waals surface area contributed by atoms with Gasteiger partial charge < -0.3 is 10.1 Å². The third-order valence-corrected chi connectivity index (χ3v) is 5.39. The van der Waals surface area contributed by atoms with E-state index in [0.29, 0.717) is 5.56 Å². The zero-order chi connectivity index (χ0) is 21.9. The first-order valence-corrected chi connectivity index (χ1v) is 8.95. The molecule has 3 unspecified atom stereocenters. The van der Waals surface area contributed by atoms with Crippen molar-refractivity contribution >= 4 is 17.6 Å². The van der Waals surface area contributed by atoms with Gasteiger partial charge in [-0.1, -0.05) is 18.2 Å². The SMILES string of the molecule is COC(=O)C1(C(C[N+](=O)[O-])c2ccc([N+](=O)[O-])cc2)C(=O)NCC1c1cccnc1. The lowest BCUT2D eigenvalue weighted by molar-refractivity contribution is -0.485. The number of esters is 1. The van der Waals surface area contributed by atoms with Crippen LogP contribution in [0.4, 0.5) is 5.69 Å². The molecule has 2 aromatic rings. The Bertz CT molecular complexity index is 980. The smallest absolute Gasteiger partial charge is 0.322 e. The standard InChI is InChI=1S/C19H18N4O7/c1-30-18(25)19(15(10-21-17(19)24)13-3-2-8-20-9-13)16(11-22(26)27)12-4-6-14(7-5-12)23(28)29/h2-9,15-16H,10-11H2,1H3,(H,21,24). The number of aromatic nitrogens is 1. The van der Waals surface area contributed by atoms with Gasteiger partial charge in [0, 0.05) is 41.9 Å². The van der Waals surface area contributed by atoms with Gasteiger partial charge in [0.2, 0.25) is 12.5 Å². The van der Waals surface area contributed by atoms with Crippen molar-refractivity contribution in [3.63, 3.8) is 0 Å². The second-order valence-corrected chi connectivity index (χ2v) is 6.83. The highest BCUT2D eigenvalue weighted by Gasteiger charge is 2.64. The molecule has 1 aliphatic rings. The van der Waals surface area contributed by atoms with Crippen LogP contribution in [0.5, 0.6) is 0 Å². The van der Waals surface area contributed by atoms with Crippen LogP contribution in [0.2, 0.25) is 0 Å². The molecule has 1 fully saturated rings. The predicted molar refractivity (Wildman–Crippen MR) is 102 cm³/mol. The van der Waals surface area contributed by atoms with Crippen LogP contribution in [0.3, 0.4) is 0 Å². The number of hydrogen-bond donors (Lipinski definition) is 1. The van der Waals surface area contributed by atoms with Crippen LogP contribution in [-0.2, 0) is 14.3 Å². The molecule has 0 spiro atoms. The normalized spacial score (nSPS) is 21.5. The summed E-state index contributed by atoms with van der Waals surface area (Å²) in [5.74, 6) is -3.63. The second-order valence-electron chi connectivity index (χ2n) is 6.83. The lowest BCUT2D eigenvalue weighted by atomic mass is 9.63. The summed E-state index contributed by atoms with van der Waals surface area (Å²) in [6, 6.07) is 8.31. The summed E-state index contributed by atoms with van der Waals surface area (Å²) in [4.78, 5) is 51.4. The molecule has 1 aromatic heterocycles. The summed E-state index contributed by atoms with van der Waals surface area (Å²) in [6.45, 7) is -0.697. The molecule has 11 heteroatoms. The number of ether oxygens (including phenoxy) is 1. The molecular weight excluding hydrogens is 396 g/mol. The third-order valence-electron chi connectivity index (χ3n) is 5.39. The number of nitro groups is 2. The highest BCUT2D eigenvalue weighted by molar-refractivity contribution is 6.06. The minimum atomic E-state index is -1.94. The fourth-order valence-electron chi connectivity index (χ4n) is 4.06. The van der Waals surface area contributed by atoms with Crippen molar-refractivity contribution < 1.29 is 24.2 Å². The maximum Gasteiger partial charge on any atom is 0.322 e. The van der Waals surface area contributed by atoms with Gasteiger partial charge in [0.05, 0.1) is 18.0 Å². The maximum absolute atomic E-state index is 13.1. The Hall–Kier alpha value is -3.89. The van der Waals surface area contributed by atoms with Crippen molar-refractivity contribution in [3.8, 4) is 0 Å². The Morgan fingerprint density at radius 2 is 2.00 bits per heavy atom. The number of carbonyl (C=O) groups is 2. The quantitative estimate of drug-likeness (QED) is 0.309. The third kappa shape index (κ3) is 3.45. The largest absolute Gasteiger partial charge is 0.468 e. The number of benzene rings is 1.